The number of aryl methyl sites for hydroxylation is 1. The molecule has 2 aliphatic rings. The van der Waals surface area contributed by atoms with Crippen LogP contribution in [0.5, 0.6) is 0 Å². The highest BCUT2D eigenvalue weighted by Gasteiger charge is 2.37. The second-order valence-electron chi connectivity index (χ2n) is 5.46. The van der Waals surface area contributed by atoms with Gasteiger partial charge >= 0.3 is 5.76 Å². The summed E-state index contributed by atoms with van der Waals surface area (Å²) in [6.45, 7) is 2.01. The topological polar surface area (TPSA) is 66.3 Å². The van der Waals surface area contributed by atoms with Crippen LogP contribution in [0.1, 0.15) is 35.0 Å². The first-order valence-electron chi connectivity index (χ1n) is 6.95. The predicted octanol–water partition coefficient (Wildman–Crippen LogP) is 2.32. The molecule has 0 saturated carbocycles. The molecule has 21 heavy (non-hydrogen) atoms. The largest absolute Gasteiger partial charge is 0.417 e. The Kier molecular flexibility index (Phi) is 2.45. The summed E-state index contributed by atoms with van der Waals surface area (Å²) in [5.41, 5.74) is 3.77. The van der Waals surface area contributed by atoms with Crippen LogP contribution in [0.15, 0.2) is 33.5 Å². The average molecular weight is 282 g/mol. The zero-order valence-corrected chi connectivity index (χ0v) is 11.6. The molecular formula is C16H14N2O3. The Labute approximate surface area is 120 Å². The van der Waals surface area contributed by atoms with Crippen LogP contribution in [-0.4, -0.2) is 10.9 Å². The highest BCUT2D eigenvalue weighted by Crippen LogP contribution is 2.41. The van der Waals surface area contributed by atoms with E-state index in [-0.39, 0.29) is 11.9 Å². The van der Waals surface area contributed by atoms with E-state index in [0.29, 0.717) is 24.3 Å². The molecule has 0 bridgehead atoms. The molecule has 4 rings (SSSR count). The molecule has 5 heteroatoms. The molecular weight excluding hydrogens is 268 g/mol. The predicted molar refractivity (Wildman–Crippen MR) is 78.1 cm³/mol. The van der Waals surface area contributed by atoms with Crippen molar-refractivity contribution in [3.63, 3.8) is 0 Å². The van der Waals surface area contributed by atoms with Gasteiger partial charge in [-0.1, -0.05) is 18.2 Å². The Morgan fingerprint density at radius 3 is 3.05 bits per heavy atom. The molecule has 106 valence electrons. The van der Waals surface area contributed by atoms with Gasteiger partial charge in [-0.25, -0.2) is 4.79 Å². The monoisotopic (exact) mass is 282 g/mol. The standard InChI is InChI=1S/C16H14N2O3/c1-9-4-2-6-12-10(9)8-14(19)18(12)13-7-3-5-11-15(13)21-16(20)17-11/h2-6,13H,7-8H2,1H3,(H,17,20). The maximum Gasteiger partial charge on any atom is 0.417 e. The molecule has 1 aliphatic heterocycles. The lowest BCUT2D eigenvalue weighted by molar-refractivity contribution is -0.117. The zero-order chi connectivity index (χ0) is 14.6. The number of fused-ring (bicyclic) bond motifs is 2. The van der Waals surface area contributed by atoms with E-state index in [2.05, 4.69) is 4.98 Å². The van der Waals surface area contributed by atoms with Gasteiger partial charge in [-0.2, -0.15) is 0 Å². The number of benzene rings is 1. The number of oxazole rings is 1. The molecule has 1 aromatic heterocycles. The first-order valence-corrected chi connectivity index (χ1v) is 6.95. The van der Waals surface area contributed by atoms with Crippen molar-refractivity contribution in [1.82, 2.24) is 4.98 Å². The van der Waals surface area contributed by atoms with Crippen molar-refractivity contribution in [1.29, 1.82) is 0 Å². The fourth-order valence-corrected chi connectivity index (χ4v) is 3.22. The summed E-state index contributed by atoms with van der Waals surface area (Å²) in [6.07, 6.45) is 4.84. The third kappa shape index (κ3) is 1.70. The van der Waals surface area contributed by atoms with Crippen molar-refractivity contribution in [3.8, 4) is 0 Å². The summed E-state index contributed by atoms with van der Waals surface area (Å²) in [5, 5.41) is 0. The van der Waals surface area contributed by atoms with Crippen molar-refractivity contribution < 1.29 is 9.21 Å². The number of hydrogen-bond acceptors (Lipinski definition) is 3. The minimum atomic E-state index is -0.479. The number of hydrogen-bond donors (Lipinski definition) is 1. The Bertz CT molecular complexity index is 828. The van der Waals surface area contributed by atoms with E-state index in [4.69, 9.17) is 4.42 Å². The number of aromatic nitrogens is 1. The van der Waals surface area contributed by atoms with Crippen LogP contribution in [0.3, 0.4) is 0 Å². The molecule has 0 saturated heterocycles. The van der Waals surface area contributed by atoms with Crippen LogP contribution in [0.2, 0.25) is 0 Å². The van der Waals surface area contributed by atoms with Gasteiger partial charge in [0.1, 0.15) is 6.04 Å². The number of nitrogens with zero attached hydrogens (tertiary/aromatic N) is 1. The molecule has 0 fully saturated rings. The number of H-pyrrole nitrogens is 1. The van der Waals surface area contributed by atoms with Crippen LogP contribution in [0.4, 0.5) is 5.69 Å². The third-order valence-electron chi connectivity index (χ3n) is 4.20. The smallest absolute Gasteiger partial charge is 0.410 e. The summed E-state index contributed by atoms with van der Waals surface area (Å²) in [7, 11) is 0. The number of rotatable bonds is 1. The minimum Gasteiger partial charge on any atom is -0.410 e. The molecule has 1 unspecified atom stereocenters. The van der Waals surface area contributed by atoms with Gasteiger partial charge in [-0.15, -0.1) is 0 Å². The van der Waals surface area contributed by atoms with Crippen molar-refractivity contribution in [3.05, 3.63) is 57.4 Å². The second kappa shape index (κ2) is 4.22. The summed E-state index contributed by atoms with van der Waals surface area (Å²) >= 11 is 0. The number of carbonyl (C=O) groups excluding carboxylic acids is 1. The van der Waals surface area contributed by atoms with E-state index in [1.165, 1.54) is 0 Å². The Morgan fingerprint density at radius 2 is 2.19 bits per heavy atom. The first-order chi connectivity index (χ1) is 10.1. The van der Waals surface area contributed by atoms with Gasteiger partial charge in [0.25, 0.3) is 0 Å². The van der Waals surface area contributed by atoms with Gasteiger partial charge in [0, 0.05) is 5.69 Å². The fraction of sp³-hybridized carbons (Fsp3) is 0.250. The molecule has 1 aliphatic carbocycles. The lowest BCUT2D eigenvalue weighted by Gasteiger charge is -2.28. The van der Waals surface area contributed by atoms with Gasteiger partial charge in [0.05, 0.1) is 12.1 Å². The molecule has 1 N–H and O–H groups in total. The van der Waals surface area contributed by atoms with Crippen LogP contribution >= 0.6 is 0 Å². The van der Waals surface area contributed by atoms with Crippen LogP contribution in [0.25, 0.3) is 6.08 Å². The zero-order valence-electron chi connectivity index (χ0n) is 11.6. The number of amides is 1. The van der Waals surface area contributed by atoms with Gasteiger partial charge in [-0.3, -0.25) is 9.78 Å². The highest BCUT2D eigenvalue weighted by atomic mass is 16.4. The Hall–Kier alpha value is -2.56. The van der Waals surface area contributed by atoms with Crippen molar-refractivity contribution in [2.75, 3.05) is 4.90 Å². The van der Waals surface area contributed by atoms with Gasteiger partial charge in [-0.05, 0) is 36.6 Å². The van der Waals surface area contributed by atoms with E-state index < -0.39 is 5.76 Å². The molecule has 2 aromatic rings. The average Bonchev–Trinajstić information content (AvgIpc) is 2.98. The molecule has 2 heterocycles. The highest BCUT2D eigenvalue weighted by molar-refractivity contribution is 6.02. The van der Waals surface area contributed by atoms with E-state index in [1.807, 2.05) is 37.3 Å². The quantitative estimate of drug-likeness (QED) is 0.873. The second-order valence-corrected chi connectivity index (χ2v) is 5.46. The van der Waals surface area contributed by atoms with Crippen LogP contribution in [0, 0.1) is 6.92 Å². The Morgan fingerprint density at radius 1 is 1.33 bits per heavy atom. The van der Waals surface area contributed by atoms with Gasteiger partial charge < -0.3 is 9.32 Å². The summed E-state index contributed by atoms with van der Waals surface area (Å²) in [4.78, 5) is 28.3. The van der Waals surface area contributed by atoms with Crippen LogP contribution < -0.4 is 10.7 Å². The van der Waals surface area contributed by atoms with Gasteiger partial charge in [0.15, 0.2) is 5.76 Å². The van der Waals surface area contributed by atoms with E-state index in [9.17, 15) is 9.59 Å². The number of anilines is 1. The maximum absolute atomic E-state index is 12.5. The SMILES string of the molecule is Cc1cccc2c1CC(=O)N2C1CC=Cc2[nH]c(=O)oc21. The normalized spacial score (nSPS) is 19.8. The van der Waals surface area contributed by atoms with Crippen molar-refractivity contribution in [2.24, 2.45) is 0 Å². The molecule has 1 aromatic carbocycles. The lowest BCUT2D eigenvalue weighted by Crippen LogP contribution is -2.32. The number of carbonyl (C=O) groups is 1. The fourth-order valence-electron chi connectivity index (χ4n) is 3.22. The third-order valence-corrected chi connectivity index (χ3v) is 4.20. The van der Waals surface area contributed by atoms with Gasteiger partial charge in [0.2, 0.25) is 5.91 Å². The number of nitrogens with one attached hydrogen (secondary N) is 1. The molecule has 0 spiro atoms. The summed E-state index contributed by atoms with van der Waals surface area (Å²) in [5.74, 6) is 0.118. The van der Waals surface area contributed by atoms with Crippen molar-refractivity contribution >= 4 is 17.7 Å². The van der Waals surface area contributed by atoms with Crippen molar-refractivity contribution in [2.45, 2.75) is 25.8 Å². The van der Waals surface area contributed by atoms with Crippen LogP contribution in [-0.2, 0) is 11.2 Å². The molecule has 1 amide bonds. The minimum absolute atomic E-state index is 0.0504. The first kappa shape index (κ1) is 12.2. The Balaban J connectivity index is 1.85. The maximum atomic E-state index is 12.5. The molecule has 5 nitrogen and oxygen atoms in total. The van der Waals surface area contributed by atoms with E-state index in [1.54, 1.807) is 4.90 Å². The molecule has 1 atom stereocenters. The lowest BCUT2D eigenvalue weighted by atomic mass is 10.0. The summed E-state index contributed by atoms with van der Waals surface area (Å²) in [6, 6.07) is 5.67. The van der Waals surface area contributed by atoms with E-state index in [0.717, 1.165) is 16.8 Å². The summed E-state index contributed by atoms with van der Waals surface area (Å²) < 4.78 is 5.27. The number of aromatic amines is 1. The van der Waals surface area contributed by atoms with E-state index >= 15 is 0 Å². The molecule has 0 radical (unpaired) electrons.